The fraction of sp³-hybridized carbons (Fsp3) is 0.115. The number of aromatic hydroxyl groups is 1. The van der Waals surface area contributed by atoms with Gasteiger partial charge in [0.25, 0.3) is 5.91 Å². The van der Waals surface area contributed by atoms with Crippen LogP contribution in [0.5, 0.6) is 5.75 Å². The Labute approximate surface area is 215 Å². The van der Waals surface area contributed by atoms with Gasteiger partial charge in [-0.25, -0.2) is 19.9 Å². The Hall–Kier alpha value is -4.02. The summed E-state index contributed by atoms with van der Waals surface area (Å²) in [5.41, 5.74) is 2.73. The lowest BCUT2D eigenvalue weighted by Crippen LogP contribution is -2.12. The second-order valence-corrected chi connectivity index (χ2v) is 10.2. The number of nitrogens with one attached hydrogen (secondary N) is 2. The van der Waals surface area contributed by atoms with E-state index in [1.165, 1.54) is 29.4 Å². The van der Waals surface area contributed by atoms with Crippen molar-refractivity contribution in [1.29, 1.82) is 0 Å². The van der Waals surface area contributed by atoms with E-state index in [2.05, 4.69) is 44.4 Å². The van der Waals surface area contributed by atoms with E-state index in [-0.39, 0.29) is 17.6 Å². The van der Waals surface area contributed by atoms with Crippen molar-refractivity contribution in [2.45, 2.75) is 29.6 Å². The number of aromatic nitrogens is 4. The van der Waals surface area contributed by atoms with Gasteiger partial charge in [-0.15, -0.1) is 11.3 Å². The molecule has 8 nitrogen and oxygen atoms in total. The van der Waals surface area contributed by atoms with E-state index >= 15 is 0 Å². The molecule has 5 aromatic rings. The van der Waals surface area contributed by atoms with Gasteiger partial charge in [0.2, 0.25) is 0 Å². The summed E-state index contributed by atoms with van der Waals surface area (Å²) in [7, 11) is 0. The summed E-state index contributed by atoms with van der Waals surface area (Å²) in [6.45, 7) is 4.17. The number of hydrogen-bond donors (Lipinski definition) is 3. The topological polar surface area (TPSA) is 113 Å². The minimum Gasteiger partial charge on any atom is -0.508 e. The van der Waals surface area contributed by atoms with Crippen molar-refractivity contribution in [3.8, 4) is 5.75 Å². The first-order valence-corrected chi connectivity index (χ1v) is 12.9. The van der Waals surface area contributed by atoms with Crippen LogP contribution < -0.4 is 10.6 Å². The van der Waals surface area contributed by atoms with Crippen molar-refractivity contribution in [3.63, 3.8) is 0 Å². The molecule has 0 radical (unpaired) electrons. The molecule has 36 heavy (non-hydrogen) atoms. The lowest BCUT2D eigenvalue weighted by atomic mass is 10.1. The van der Waals surface area contributed by atoms with Gasteiger partial charge < -0.3 is 10.4 Å². The molecule has 5 rings (SSSR count). The van der Waals surface area contributed by atoms with Crippen LogP contribution in [0, 0.1) is 0 Å². The van der Waals surface area contributed by atoms with Crippen molar-refractivity contribution < 1.29 is 9.90 Å². The summed E-state index contributed by atoms with van der Waals surface area (Å²) < 4.78 is 0. The lowest BCUT2D eigenvalue weighted by molar-refractivity contribution is 0.102. The number of carbonyl (C=O) groups is 1. The predicted octanol–water partition coefficient (Wildman–Crippen LogP) is 6.46. The number of benzene rings is 2. The first-order chi connectivity index (χ1) is 17.5. The molecule has 0 aliphatic carbocycles. The van der Waals surface area contributed by atoms with E-state index in [1.807, 2.05) is 30.3 Å². The molecular formula is C26H22N6O2S2. The number of phenols is 1. The maximum Gasteiger partial charge on any atom is 0.257 e. The summed E-state index contributed by atoms with van der Waals surface area (Å²) in [5.74, 6) is 0.813. The van der Waals surface area contributed by atoms with E-state index in [4.69, 9.17) is 0 Å². The summed E-state index contributed by atoms with van der Waals surface area (Å²) in [5, 5.41) is 19.0. The predicted molar refractivity (Wildman–Crippen MR) is 143 cm³/mol. The van der Waals surface area contributed by atoms with E-state index in [1.54, 1.807) is 35.8 Å². The molecule has 2 aromatic carbocycles. The van der Waals surface area contributed by atoms with Crippen LogP contribution in [0.2, 0.25) is 0 Å². The summed E-state index contributed by atoms with van der Waals surface area (Å²) in [6, 6.07) is 16.3. The van der Waals surface area contributed by atoms with Crippen molar-refractivity contribution in [1.82, 2.24) is 19.9 Å². The number of hydrogen-bond acceptors (Lipinski definition) is 9. The molecule has 0 unspecified atom stereocenters. The van der Waals surface area contributed by atoms with Crippen LogP contribution >= 0.6 is 23.1 Å². The van der Waals surface area contributed by atoms with Gasteiger partial charge in [-0.3, -0.25) is 10.1 Å². The molecule has 0 atom stereocenters. The van der Waals surface area contributed by atoms with E-state index in [0.717, 1.165) is 20.9 Å². The van der Waals surface area contributed by atoms with Crippen molar-refractivity contribution in [2.75, 3.05) is 10.6 Å². The lowest BCUT2D eigenvalue weighted by Gasteiger charge is -2.15. The molecule has 0 spiro atoms. The molecule has 0 bridgehead atoms. The average molecular weight is 515 g/mol. The highest BCUT2D eigenvalue weighted by molar-refractivity contribution is 7.99. The number of pyridine rings is 1. The van der Waals surface area contributed by atoms with E-state index in [0.29, 0.717) is 27.8 Å². The fourth-order valence-corrected chi connectivity index (χ4v) is 4.87. The van der Waals surface area contributed by atoms with Crippen LogP contribution in [0.4, 0.5) is 16.6 Å². The standard InChI is InChI=1S/C26H22N6O2S2/c1-15(2)20-9-8-19-23(30-20)28-14-29-24(19)31-21-13-16(25(34)32-26-27-11-12-35-26)3-10-22(21)36-18-6-4-17(33)5-7-18/h3-15,33H,1-2H3,(H,27,32,34)(H,28,29,30,31). The Kier molecular flexibility index (Phi) is 6.79. The number of phenolic OH excluding ortho intramolecular Hbond substituents is 1. The number of amides is 1. The maximum absolute atomic E-state index is 12.9. The molecule has 1 amide bonds. The highest BCUT2D eigenvalue weighted by Gasteiger charge is 2.15. The SMILES string of the molecule is CC(C)c1ccc2c(Nc3cc(C(=O)Nc4nccs4)ccc3Sc3ccc(O)cc3)ncnc2n1. The third kappa shape index (κ3) is 5.29. The number of thiazole rings is 1. The number of rotatable bonds is 7. The van der Waals surface area contributed by atoms with Gasteiger partial charge >= 0.3 is 0 Å². The smallest absolute Gasteiger partial charge is 0.257 e. The van der Waals surface area contributed by atoms with Crippen LogP contribution in [0.3, 0.4) is 0 Å². The third-order valence-corrected chi connectivity index (χ3v) is 7.09. The minimum atomic E-state index is -0.259. The number of fused-ring (bicyclic) bond motifs is 1. The van der Waals surface area contributed by atoms with Crippen molar-refractivity contribution in [3.05, 3.63) is 83.8 Å². The number of anilines is 3. The minimum absolute atomic E-state index is 0.202. The molecular weight excluding hydrogens is 492 g/mol. The second-order valence-electron chi connectivity index (χ2n) is 8.21. The first kappa shape index (κ1) is 23.7. The van der Waals surface area contributed by atoms with Gasteiger partial charge in [0.1, 0.15) is 17.9 Å². The Morgan fingerprint density at radius 3 is 2.61 bits per heavy atom. The number of nitrogens with zero attached hydrogens (tertiary/aromatic N) is 4. The zero-order valence-electron chi connectivity index (χ0n) is 19.5. The van der Waals surface area contributed by atoms with Gasteiger partial charge in [-0.1, -0.05) is 25.6 Å². The van der Waals surface area contributed by atoms with Gasteiger partial charge in [-0.05, 0) is 60.5 Å². The molecule has 0 saturated carbocycles. The third-order valence-electron chi connectivity index (χ3n) is 5.32. The Balaban J connectivity index is 1.52. The molecule has 3 aromatic heterocycles. The van der Waals surface area contributed by atoms with Crippen LogP contribution in [0.1, 0.15) is 35.8 Å². The van der Waals surface area contributed by atoms with Gasteiger partial charge in [-0.2, -0.15) is 0 Å². The molecule has 0 aliphatic heterocycles. The molecule has 3 heterocycles. The van der Waals surface area contributed by atoms with E-state index < -0.39 is 0 Å². The maximum atomic E-state index is 12.9. The van der Waals surface area contributed by atoms with Crippen LogP contribution in [-0.4, -0.2) is 30.9 Å². The molecule has 0 saturated heterocycles. The summed E-state index contributed by atoms with van der Waals surface area (Å²) >= 11 is 2.86. The quantitative estimate of drug-likeness (QED) is 0.227. The van der Waals surface area contributed by atoms with Crippen molar-refractivity contribution >= 4 is 56.7 Å². The second kappa shape index (κ2) is 10.3. The molecule has 0 aliphatic rings. The largest absolute Gasteiger partial charge is 0.508 e. The van der Waals surface area contributed by atoms with Gasteiger partial charge in [0.05, 0.1) is 11.1 Å². The Morgan fingerprint density at radius 2 is 1.86 bits per heavy atom. The molecule has 10 heteroatoms. The zero-order chi connectivity index (χ0) is 25.1. The summed E-state index contributed by atoms with van der Waals surface area (Å²) in [4.78, 5) is 32.3. The average Bonchev–Trinajstić information content (AvgIpc) is 3.39. The normalized spacial score (nSPS) is 11.1. The Morgan fingerprint density at radius 1 is 1.03 bits per heavy atom. The highest BCUT2D eigenvalue weighted by atomic mass is 32.2. The van der Waals surface area contributed by atoms with Crippen LogP contribution in [0.25, 0.3) is 11.0 Å². The van der Waals surface area contributed by atoms with Gasteiger partial charge in [0, 0.05) is 32.6 Å². The summed E-state index contributed by atoms with van der Waals surface area (Å²) in [6.07, 6.45) is 3.12. The molecule has 0 fully saturated rings. The first-order valence-electron chi connectivity index (χ1n) is 11.2. The monoisotopic (exact) mass is 514 g/mol. The molecule has 3 N–H and O–H groups in total. The highest BCUT2D eigenvalue weighted by Crippen LogP contribution is 2.37. The number of carbonyl (C=O) groups excluding carboxylic acids is 1. The Bertz CT molecular complexity index is 1520. The molecule has 180 valence electrons. The van der Waals surface area contributed by atoms with E-state index in [9.17, 15) is 9.90 Å². The van der Waals surface area contributed by atoms with Crippen LogP contribution in [-0.2, 0) is 0 Å². The van der Waals surface area contributed by atoms with Crippen LogP contribution in [0.15, 0.2) is 82.3 Å². The van der Waals surface area contributed by atoms with Gasteiger partial charge in [0.15, 0.2) is 10.8 Å². The zero-order valence-corrected chi connectivity index (χ0v) is 21.1. The van der Waals surface area contributed by atoms with Crippen molar-refractivity contribution in [2.24, 2.45) is 0 Å². The fourth-order valence-electron chi connectivity index (χ4n) is 3.46.